The van der Waals surface area contributed by atoms with Crippen LogP contribution in [0.2, 0.25) is 5.02 Å². The quantitative estimate of drug-likeness (QED) is 0.117. The van der Waals surface area contributed by atoms with Crippen molar-refractivity contribution in [2.75, 3.05) is 26.3 Å². The van der Waals surface area contributed by atoms with Gasteiger partial charge >= 0.3 is 6.09 Å². The van der Waals surface area contributed by atoms with E-state index in [1.165, 1.54) is 0 Å². The molecule has 12 heteroatoms. The Bertz CT molecular complexity index is 1080. The van der Waals surface area contributed by atoms with Gasteiger partial charge in [-0.15, -0.1) is 0 Å². The Morgan fingerprint density at radius 2 is 1.56 bits per heavy atom. The summed E-state index contributed by atoms with van der Waals surface area (Å²) in [6.45, 7) is 8.04. The number of hydrogen-bond donors (Lipinski definition) is 3. The summed E-state index contributed by atoms with van der Waals surface area (Å²) in [6.07, 6.45) is -1.42. The molecule has 2 atom stereocenters. The topological polar surface area (TPSA) is 149 Å². The highest BCUT2D eigenvalue weighted by atomic mass is 35.5. The van der Waals surface area contributed by atoms with Gasteiger partial charge in [0.2, 0.25) is 11.8 Å². The Morgan fingerprint density at radius 1 is 0.951 bits per heavy atom. The van der Waals surface area contributed by atoms with E-state index in [-0.39, 0.29) is 38.1 Å². The van der Waals surface area contributed by atoms with Crippen LogP contribution < -0.4 is 16.9 Å². The zero-order chi connectivity index (χ0) is 30.4. The standard InChI is InChI=1S/C29H42ClN5O6/c1-5-39-26(40-6-2)18-34(20(3)4)28(37)24(16-21-12-14-23(30)15-13-21)33-27(36)25(17-31)35(32)29(38)41-19-22-10-8-7-9-11-22/h7-15,20,24-26H,5-6,16-19,31-32H2,1-4H3,(H,33,36). The first kappa shape index (κ1) is 34.0. The van der Waals surface area contributed by atoms with Crippen LogP contribution >= 0.6 is 11.6 Å². The molecule has 3 amide bonds. The Kier molecular flexibility index (Phi) is 14.6. The lowest BCUT2D eigenvalue weighted by Gasteiger charge is -2.34. The van der Waals surface area contributed by atoms with Gasteiger partial charge in [0, 0.05) is 37.2 Å². The molecule has 2 rings (SSSR count). The number of halogens is 1. The highest BCUT2D eigenvalue weighted by molar-refractivity contribution is 6.30. The highest BCUT2D eigenvalue weighted by Gasteiger charge is 2.34. The van der Waals surface area contributed by atoms with E-state index in [0.717, 1.165) is 11.1 Å². The van der Waals surface area contributed by atoms with E-state index in [2.05, 4.69) is 5.32 Å². The Morgan fingerprint density at radius 3 is 2.10 bits per heavy atom. The first-order valence-electron chi connectivity index (χ1n) is 13.6. The molecule has 0 fully saturated rings. The van der Waals surface area contributed by atoms with Crippen molar-refractivity contribution in [2.24, 2.45) is 11.6 Å². The van der Waals surface area contributed by atoms with Gasteiger partial charge in [0.15, 0.2) is 6.29 Å². The second-order valence-corrected chi connectivity index (χ2v) is 9.95. The van der Waals surface area contributed by atoms with Crippen molar-refractivity contribution in [3.05, 3.63) is 70.7 Å². The average Bonchev–Trinajstić information content (AvgIpc) is 2.95. The van der Waals surface area contributed by atoms with Gasteiger partial charge in [-0.1, -0.05) is 54.1 Å². The van der Waals surface area contributed by atoms with E-state index in [4.69, 9.17) is 37.4 Å². The number of nitrogens with one attached hydrogen (secondary N) is 1. The third kappa shape index (κ3) is 10.9. The molecule has 0 heterocycles. The van der Waals surface area contributed by atoms with Gasteiger partial charge in [0.05, 0.1) is 6.54 Å². The predicted molar refractivity (Wildman–Crippen MR) is 156 cm³/mol. The van der Waals surface area contributed by atoms with Gasteiger partial charge in [-0.25, -0.2) is 15.6 Å². The number of nitrogens with two attached hydrogens (primary N) is 2. The summed E-state index contributed by atoms with van der Waals surface area (Å²) in [5, 5.41) is 3.94. The molecule has 5 N–H and O–H groups in total. The minimum absolute atomic E-state index is 0.0336. The van der Waals surface area contributed by atoms with E-state index < -0.39 is 30.4 Å². The van der Waals surface area contributed by atoms with Crippen LogP contribution in [0.4, 0.5) is 4.79 Å². The Labute approximate surface area is 247 Å². The lowest BCUT2D eigenvalue weighted by Crippen LogP contribution is -2.61. The number of ether oxygens (including phenoxy) is 3. The summed E-state index contributed by atoms with van der Waals surface area (Å²) in [7, 11) is 0. The fourth-order valence-corrected chi connectivity index (χ4v) is 4.16. The zero-order valence-electron chi connectivity index (χ0n) is 24.1. The highest BCUT2D eigenvalue weighted by Crippen LogP contribution is 2.15. The molecule has 2 unspecified atom stereocenters. The molecular weight excluding hydrogens is 550 g/mol. The Hall–Kier alpha value is -3.22. The summed E-state index contributed by atoms with van der Waals surface area (Å²) in [4.78, 5) is 41.5. The van der Waals surface area contributed by atoms with Crippen LogP contribution in [0.25, 0.3) is 0 Å². The molecular formula is C29H42ClN5O6. The summed E-state index contributed by atoms with van der Waals surface area (Å²) >= 11 is 6.04. The second-order valence-electron chi connectivity index (χ2n) is 9.52. The van der Waals surface area contributed by atoms with Crippen molar-refractivity contribution in [1.29, 1.82) is 0 Å². The van der Waals surface area contributed by atoms with Gasteiger partial charge in [0.1, 0.15) is 18.7 Å². The van der Waals surface area contributed by atoms with Gasteiger partial charge < -0.3 is 30.2 Å². The molecule has 0 aromatic heterocycles. The maximum Gasteiger partial charge on any atom is 0.425 e. The van der Waals surface area contributed by atoms with Crippen molar-refractivity contribution in [2.45, 2.75) is 65.1 Å². The lowest BCUT2D eigenvalue weighted by atomic mass is 10.0. The molecule has 0 saturated heterocycles. The van der Waals surface area contributed by atoms with Crippen molar-refractivity contribution in [3.8, 4) is 0 Å². The first-order chi connectivity index (χ1) is 19.6. The van der Waals surface area contributed by atoms with E-state index in [0.29, 0.717) is 23.2 Å². The number of benzene rings is 2. The SMILES string of the molecule is CCOC(CN(C(=O)C(Cc1ccc(Cl)cc1)NC(=O)C(CN)N(N)C(=O)OCc1ccccc1)C(C)C)OCC. The van der Waals surface area contributed by atoms with Crippen molar-refractivity contribution < 1.29 is 28.6 Å². The molecule has 0 aliphatic heterocycles. The van der Waals surface area contributed by atoms with Crippen LogP contribution in [-0.2, 0) is 36.8 Å². The van der Waals surface area contributed by atoms with Gasteiger partial charge in [-0.2, -0.15) is 0 Å². The predicted octanol–water partition coefficient (Wildman–Crippen LogP) is 2.84. The maximum absolute atomic E-state index is 13.9. The summed E-state index contributed by atoms with van der Waals surface area (Å²) in [6, 6.07) is 13.4. The largest absolute Gasteiger partial charge is 0.444 e. The van der Waals surface area contributed by atoms with E-state index in [1.807, 2.05) is 45.9 Å². The van der Waals surface area contributed by atoms with E-state index >= 15 is 0 Å². The van der Waals surface area contributed by atoms with Crippen molar-refractivity contribution in [1.82, 2.24) is 15.2 Å². The molecule has 0 aliphatic carbocycles. The van der Waals surface area contributed by atoms with Gasteiger partial charge in [-0.3, -0.25) is 9.59 Å². The second kappa shape index (κ2) is 17.6. The minimum Gasteiger partial charge on any atom is -0.444 e. The van der Waals surface area contributed by atoms with Gasteiger partial charge in [0.25, 0.3) is 0 Å². The number of carbonyl (C=O) groups excluding carboxylic acids is 3. The number of rotatable bonds is 16. The number of amides is 3. The van der Waals surface area contributed by atoms with Gasteiger partial charge in [-0.05, 0) is 51.0 Å². The molecule has 0 saturated carbocycles. The van der Waals surface area contributed by atoms with Crippen LogP contribution in [0.1, 0.15) is 38.8 Å². The molecule has 0 aliphatic rings. The molecule has 41 heavy (non-hydrogen) atoms. The zero-order valence-corrected chi connectivity index (χ0v) is 24.9. The number of nitrogens with zero attached hydrogens (tertiary/aromatic N) is 2. The number of hydrazine groups is 1. The molecule has 0 radical (unpaired) electrons. The minimum atomic E-state index is -1.29. The normalized spacial score (nSPS) is 12.6. The number of hydrogen-bond acceptors (Lipinski definition) is 8. The first-order valence-corrected chi connectivity index (χ1v) is 14.0. The number of carbonyl (C=O) groups is 3. The summed E-state index contributed by atoms with van der Waals surface area (Å²) in [5.41, 5.74) is 7.36. The molecule has 2 aromatic carbocycles. The van der Waals surface area contributed by atoms with E-state index in [1.54, 1.807) is 41.3 Å². The fraction of sp³-hybridized carbons (Fsp3) is 0.483. The third-order valence-corrected chi connectivity index (χ3v) is 6.45. The van der Waals surface area contributed by atoms with Crippen molar-refractivity contribution in [3.63, 3.8) is 0 Å². The third-order valence-electron chi connectivity index (χ3n) is 6.20. The van der Waals surface area contributed by atoms with Crippen LogP contribution in [0.5, 0.6) is 0 Å². The monoisotopic (exact) mass is 591 g/mol. The molecule has 0 spiro atoms. The Balaban J connectivity index is 2.25. The van der Waals surface area contributed by atoms with E-state index in [9.17, 15) is 14.4 Å². The van der Waals surface area contributed by atoms with Crippen LogP contribution in [0.15, 0.2) is 54.6 Å². The summed E-state index contributed by atoms with van der Waals surface area (Å²) in [5.74, 6) is 4.91. The average molecular weight is 592 g/mol. The molecule has 0 bridgehead atoms. The lowest BCUT2D eigenvalue weighted by molar-refractivity contribution is -0.163. The maximum atomic E-state index is 13.9. The van der Waals surface area contributed by atoms with Crippen LogP contribution in [-0.4, -0.2) is 78.5 Å². The summed E-state index contributed by atoms with van der Waals surface area (Å²) < 4.78 is 16.6. The molecule has 11 nitrogen and oxygen atoms in total. The van der Waals surface area contributed by atoms with Crippen LogP contribution in [0, 0.1) is 0 Å². The van der Waals surface area contributed by atoms with Crippen molar-refractivity contribution >= 4 is 29.5 Å². The smallest absolute Gasteiger partial charge is 0.425 e. The molecule has 226 valence electrons. The fourth-order valence-electron chi connectivity index (χ4n) is 4.03. The molecule has 2 aromatic rings. The van der Waals surface area contributed by atoms with Crippen LogP contribution in [0.3, 0.4) is 0 Å².